The molecule has 6 nitrogen and oxygen atoms in total. The van der Waals surface area contributed by atoms with Crippen LogP contribution in [0.1, 0.15) is 37.3 Å². The molecule has 2 N–H and O–H groups in total. The second kappa shape index (κ2) is 9.02. The number of amides is 4. The number of imide groups is 1. The van der Waals surface area contributed by atoms with E-state index in [4.69, 9.17) is 0 Å². The van der Waals surface area contributed by atoms with Crippen molar-refractivity contribution in [3.05, 3.63) is 71.3 Å². The molecular formula is C22H23F2N3O3. The van der Waals surface area contributed by atoms with Crippen molar-refractivity contribution in [1.29, 1.82) is 0 Å². The fourth-order valence-corrected chi connectivity index (χ4v) is 3.46. The smallest absolute Gasteiger partial charge is 0.325 e. The van der Waals surface area contributed by atoms with Gasteiger partial charge in [0.15, 0.2) is 0 Å². The molecule has 4 amide bonds. The Morgan fingerprint density at radius 2 is 1.63 bits per heavy atom. The van der Waals surface area contributed by atoms with E-state index in [9.17, 15) is 23.2 Å². The molecule has 1 saturated heterocycles. The third-order valence-electron chi connectivity index (χ3n) is 5.12. The fourth-order valence-electron chi connectivity index (χ4n) is 3.46. The van der Waals surface area contributed by atoms with Crippen LogP contribution in [0.3, 0.4) is 0 Å². The Balaban J connectivity index is 1.73. The van der Waals surface area contributed by atoms with E-state index >= 15 is 0 Å². The number of rotatable bonds is 8. The highest BCUT2D eigenvalue weighted by molar-refractivity contribution is 6.09. The number of nitrogens with one attached hydrogen (secondary N) is 2. The van der Waals surface area contributed by atoms with E-state index < -0.39 is 35.7 Å². The predicted octanol–water partition coefficient (Wildman–Crippen LogP) is 3.22. The number of hydrogen-bond donors (Lipinski definition) is 2. The number of carbonyl (C=O) groups is 3. The van der Waals surface area contributed by atoms with Crippen LogP contribution in [-0.4, -0.2) is 29.3 Å². The van der Waals surface area contributed by atoms with E-state index in [1.165, 1.54) is 48.5 Å². The summed E-state index contributed by atoms with van der Waals surface area (Å²) >= 11 is 0. The van der Waals surface area contributed by atoms with Crippen LogP contribution < -0.4 is 10.6 Å². The Kier molecular flexibility index (Phi) is 6.44. The second-order valence-electron chi connectivity index (χ2n) is 7.24. The van der Waals surface area contributed by atoms with Crippen LogP contribution >= 0.6 is 0 Å². The first-order valence-corrected chi connectivity index (χ1v) is 9.77. The second-order valence-corrected chi connectivity index (χ2v) is 7.24. The van der Waals surface area contributed by atoms with Gasteiger partial charge in [0.1, 0.15) is 23.7 Å². The van der Waals surface area contributed by atoms with Gasteiger partial charge < -0.3 is 10.6 Å². The molecule has 0 bridgehead atoms. The molecule has 0 spiro atoms. The maximum atomic E-state index is 13.4. The number of nitrogens with zero attached hydrogens (tertiary/aromatic N) is 1. The molecule has 0 aromatic heterocycles. The molecule has 30 heavy (non-hydrogen) atoms. The van der Waals surface area contributed by atoms with Gasteiger partial charge in [-0.2, -0.15) is 0 Å². The van der Waals surface area contributed by atoms with Gasteiger partial charge in [0.2, 0.25) is 5.91 Å². The molecule has 8 heteroatoms. The number of hydrogen-bond acceptors (Lipinski definition) is 3. The lowest BCUT2D eigenvalue weighted by atomic mass is 9.85. The van der Waals surface area contributed by atoms with Gasteiger partial charge in [-0.15, -0.1) is 0 Å². The van der Waals surface area contributed by atoms with E-state index in [2.05, 4.69) is 10.6 Å². The average molecular weight is 415 g/mol. The Labute approximate surface area is 173 Å². The summed E-state index contributed by atoms with van der Waals surface area (Å²) in [6.45, 7) is 1.66. The molecule has 1 fully saturated rings. The average Bonchev–Trinajstić information content (AvgIpc) is 2.97. The minimum absolute atomic E-state index is 0.141. The number of urea groups is 1. The standard InChI is InChI=1S/C22H23F2N3O3/c1-2-3-12-22(16-6-10-18(24)11-7-16)20(29)27(21(30)26-22)14-19(28)25-13-15-4-8-17(23)9-5-15/h4-11H,2-3,12-14H2,1H3,(H,25,28)(H,26,30). The molecule has 1 atom stereocenters. The molecule has 0 radical (unpaired) electrons. The quantitative estimate of drug-likeness (QED) is 0.650. The van der Waals surface area contributed by atoms with Crippen LogP contribution in [0.15, 0.2) is 48.5 Å². The third kappa shape index (κ3) is 4.48. The monoisotopic (exact) mass is 415 g/mol. The molecule has 2 aromatic carbocycles. The third-order valence-corrected chi connectivity index (χ3v) is 5.12. The van der Waals surface area contributed by atoms with Gasteiger partial charge in [-0.25, -0.2) is 13.6 Å². The number of carbonyl (C=O) groups excluding carboxylic acids is 3. The van der Waals surface area contributed by atoms with Crippen molar-refractivity contribution in [3.8, 4) is 0 Å². The number of benzene rings is 2. The van der Waals surface area contributed by atoms with Gasteiger partial charge >= 0.3 is 6.03 Å². The predicted molar refractivity (Wildman–Crippen MR) is 106 cm³/mol. The zero-order chi connectivity index (χ0) is 21.7. The Morgan fingerprint density at radius 1 is 1.03 bits per heavy atom. The van der Waals surface area contributed by atoms with Crippen LogP contribution in [0.25, 0.3) is 0 Å². The lowest BCUT2D eigenvalue weighted by Crippen LogP contribution is -2.45. The van der Waals surface area contributed by atoms with Gasteiger partial charge in [0.05, 0.1) is 0 Å². The molecule has 0 saturated carbocycles. The summed E-state index contributed by atoms with van der Waals surface area (Å²) in [7, 11) is 0. The van der Waals surface area contributed by atoms with Crippen molar-refractivity contribution < 1.29 is 23.2 Å². The highest BCUT2D eigenvalue weighted by Crippen LogP contribution is 2.34. The summed E-state index contributed by atoms with van der Waals surface area (Å²) < 4.78 is 26.3. The first kappa shape index (κ1) is 21.4. The fraction of sp³-hybridized carbons (Fsp3) is 0.318. The van der Waals surface area contributed by atoms with Gasteiger partial charge in [0.25, 0.3) is 5.91 Å². The van der Waals surface area contributed by atoms with Crippen LogP contribution in [0.5, 0.6) is 0 Å². The lowest BCUT2D eigenvalue weighted by Gasteiger charge is -2.27. The first-order valence-electron chi connectivity index (χ1n) is 9.77. The first-order chi connectivity index (χ1) is 14.4. The highest BCUT2D eigenvalue weighted by Gasteiger charge is 2.52. The summed E-state index contributed by atoms with van der Waals surface area (Å²) in [5.74, 6) is -1.88. The van der Waals surface area contributed by atoms with E-state index in [0.717, 1.165) is 11.3 Å². The van der Waals surface area contributed by atoms with Gasteiger partial charge in [-0.05, 0) is 41.8 Å². The Morgan fingerprint density at radius 3 is 2.23 bits per heavy atom. The van der Waals surface area contributed by atoms with Crippen molar-refractivity contribution in [2.75, 3.05) is 6.54 Å². The van der Waals surface area contributed by atoms with E-state index in [0.29, 0.717) is 24.0 Å². The molecule has 2 aromatic rings. The summed E-state index contributed by atoms with van der Waals surface area (Å²) in [6.07, 6.45) is 1.80. The van der Waals surface area contributed by atoms with Crippen molar-refractivity contribution in [3.63, 3.8) is 0 Å². The van der Waals surface area contributed by atoms with E-state index in [-0.39, 0.29) is 12.4 Å². The summed E-state index contributed by atoms with van der Waals surface area (Å²) in [6, 6.07) is 10.4. The zero-order valence-corrected chi connectivity index (χ0v) is 16.6. The maximum Gasteiger partial charge on any atom is 0.325 e. The molecule has 1 heterocycles. The molecule has 1 aliphatic rings. The minimum atomic E-state index is -1.32. The SMILES string of the molecule is CCCCC1(c2ccc(F)cc2)NC(=O)N(CC(=O)NCc2ccc(F)cc2)C1=O. The van der Waals surface area contributed by atoms with Gasteiger partial charge in [-0.1, -0.05) is 44.0 Å². The molecule has 1 unspecified atom stereocenters. The van der Waals surface area contributed by atoms with Crippen LogP contribution in [0, 0.1) is 11.6 Å². The zero-order valence-electron chi connectivity index (χ0n) is 16.6. The van der Waals surface area contributed by atoms with E-state index in [1.807, 2.05) is 6.92 Å². The van der Waals surface area contributed by atoms with Crippen molar-refractivity contribution in [1.82, 2.24) is 15.5 Å². The summed E-state index contributed by atoms with van der Waals surface area (Å²) in [5.41, 5.74) is -0.159. The van der Waals surface area contributed by atoms with Crippen molar-refractivity contribution in [2.45, 2.75) is 38.3 Å². The summed E-state index contributed by atoms with van der Waals surface area (Å²) in [5, 5.41) is 5.34. The summed E-state index contributed by atoms with van der Waals surface area (Å²) in [4.78, 5) is 39.0. The molecule has 0 aliphatic carbocycles. The molecular weight excluding hydrogens is 392 g/mol. The largest absolute Gasteiger partial charge is 0.350 e. The van der Waals surface area contributed by atoms with Gasteiger partial charge in [-0.3, -0.25) is 14.5 Å². The maximum absolute atomic E-state index is 13.4. The Hall–Kier alpha value is -3.29. The number of halogens is 2. The molecule has 3 rings (SSSR count). The van der Waals surface area contributed by atoms with Crippen LogP contribution in [-0.2, 0) is 21.7 Å². The highest BCUT2D eigenvalue weighted by atomic mass is 19.1. The van der Waals surface area contributed by atoms with Crippen molar-refractivity contribution in [2.24, 2.45) is 0 Å². The van der Waals surface area contributed by atoms with Crippen LogP contribution in [0.4, 0.5) is 13.6 Å². The molecule has 1 aliphatic heterocycles. The normalized spacial score (nSPS) is 18.4. The van der Waals surface area contributed by atoms with Gasteiger partial charge in [0, 0.05) is 6.54 Å². The lowest BCUT2D eigenvalue weighted by molar-refractivity contribution is -0.135. The molecule has 158 valence electrons. The number of unbranched alkanes of at least 4 members (excludes halogenated alkanes) is 1. The van der Waals surface area contributed by atoms with Crippen molar-refractivity contribution >= 4 is 17.8 Å². The Bertz CT molecular complexity index is 932. The van der Waals surface area contributed by atoms with Crippen LogP contribution in [0.2, 0.25) is 0 Å². The topological polar surface area (TPSA) is 78.5 Å². The minimum Gasteiger partial charge on any atom is -0.350 e. The van der Waals surface area contributed by atoms with E-state index in [1.54, 1.807) is 0 Å².